The maximum Gasteiger partial charge on any atom is 0.241 e. The summed E-state index contributed by atoms with van der Waals surface area (Å²) in [5.74, 6) is -0.155. The Balaban J connectivity index is 4.14. The number of hydrogen-bond donors (Lipinski definition) is 3. The Labute approximate surface area is 313 Å². The molecule has 0 aliphatic rings. The lowest BCUT2D eigenvalue weighted by Crippen LogP contribution is -2.50. The van der Waals surface area contributed by atoms with E-state index in [0.717, 1.165) is 45.3 Å². The second-order valence-electron chi connectivity index (χ2n) is 15.7. The van der Waals surface area contributed by atoms with Crippen molar-refractivity contribution < 1.29 is 15.3 Å². The van der Waals surface area contributed by atoms with Gasteiger partial charge < -0.3 is 21.7 Å². The molecule has 0 fully saturated rings. The number of hydrogen-bond acceptors (Lipinski definition) is 3. The van der Waals surface area contributed by atoms with Gasteiger partial charge in [0.05, 0.1) is 19.1 Å². The minimum Gasteiger partial charge on any atom is -0.358 e. The van der Waals surface area contributed by atoms with E-state index in [4.69, 9.17) is 5.73 Å². The fourth-order valence-corrected chi connectivity index (χ4v) is 7.14. The van der Waals surface area contributed by atoms with Crippen molar-refractivity contribution in [2.24, 2.45) is 5.73 Å². The molecule has 0 saturated heterocycles. The fraction of sp³-hybridized carbons (Fsp3) is 0.955. The van der Waals surface area contributed by atoms with E-state index in [1.807, 2.05) is 4.90 Å². The molecular formula is C44H91N4O2+. The molecule has 0 heterocycles. The zero-order chi connectivity index (χ0) is 36.6. The van der Waals surface area contributed by atoms with Crippen molar-refractivity contribution in [2.45, 2.75) is 245 Å². The summed E-state index contributed by atoms with van der Waals surface area (Å²) in [7, 11) is 0. The van der Waals surface area contributed by atoms with Crippen LogP contribution in [0, 0.1) is 0 Å². The third-order valence-electron chi connectivity index (χ3n) is 10.7. The Morgan fingerprint density at radius 3 is 1.08 bits per heavy atom. The van der Waals surface area contributed by atoms with Crippen LogP contribution < -0.4 is 16.8 Å². The molecule has 0 aliphatic carbocycles. The largest absolute Gasteiger partial charge is 0.358 e. The van der Waals surface area contributed by atoms with Gasteiger partial charge in [0.25, 0.3) is 0 Å². The van der Waals surface area contributed by atoms with Crippen molar-refractivity contribution in [3.05, 3.63) is 0 Å². The first-order valence-electron chi connectivity index (χ1n) is 22.7. The van der Waals surface area contributed by atoms with Gasteiger partial charge in [-0.15, -0.1) is 0 Å². The molecule has 0 aromatic heterocycles. The fourth-order valence-electron chi connectivity index (χ4n) is 7.14. The van der Waals surface area contributed by atoms with Gasteiger partial charge in [-0.1, -0.05) is 206 Å². The number of unbranched alkanes of at least 4 members (excludes halogenated alkanes) is 31. The molecule has 6 N–H and O–H groups in total. The monoisotopic (exact) mass is 708 g/mol. The molecule has 0 bridgehead atoms. The Bertz CT molecular complexity index is 668. The number of carbonyl (C=O) groups excluding carboxylic acids is 2. The quantitative estimate of drug-likeness (QED) is 0.0551. The smallest absolute Gasteiger partial charge is 0.241 e. The van der Waals surface area contributed by atoms with Gasteiger partial charge in [0.2, 0.25) is 11.8 Å². The van der Waals surface area contributed by atoms with Gasteiger partial charge in [-0.25, -0.2) is 0 Å². The predicted octanol–water partition coefficient (Wildman–Crippen LogP) is 11.2. The number of rotatable bonds is 41. The molecule has 0 spiro atoms. The molecule has 0 aromatic rings. The summed E-state index contributed by atoms with van der Waals surface area (Å²) in [6.45, 7) is 7.12. The average molecular weight is 708 g/mol. The topological polar surface area (TPSA) is 103 Å². The molecule has 6 nitrogen and oxygen atoms in total. The summed E-state index contributed by atoms with van der Waals surface area (Å²) < 4.78 is 0. The molecule has 0 aliphatic heterocycles. The van der Waals surface area contributed by atoms with E-state index in [-0.39, 0.29) is 18.4 Å². The lowest BCUT2D eigenvalue weighted by atomic mass is 10.0. The van der Waals surface area contributed by atoms with Crippen molar-refractivity contribution in [1.29, 1.82) is 0 Å². The van der Waals surface area contributed by atoms with E-state index in [0.29, 0.717) is 6.42 Å². The van der Waals surface area contributed by atoms with Crippen LogP contribution in [0.4, 0.5) is 0 Å². The zero-order valence-electron chi connectivity index (χ0n) is 34.2. The molecule has 6 heteroatoms. The second kappa shape index (κ2) is 40.6. The van der Waals surface area contributed by atoms with Crippen molar-refractivity contribution in [3.63, 3.8) is 0 Å². The molecule has 0 rings (SSSR count). The highest BCUT2D eigenvalue weighted by atomic mass is 16.2. The second-order valence-corrected chi connectivity index (χ2v) is 15.7. The van der Waals surface area contributed by atoms with Crippen LogP contribution in [0.5, 0.6) is 0 Å². The van der Waals surface area contributed by atoms with E-state index in [1.165, 1.54) is 193 Å². The summed E-state index contributed by atoms with van der Waals surface area (Å²) in [4.78, 5) is 27.7. The van der Waals surface area contributed by atoms with Gasteiger partial charge in [0, 0.05) is 13.1 Å². The molecule has 1 atom stereocenters. The van der Waals surface area contributed by atoms with Gasteiger partial charge >= 0.3 is 0 Å². The molecule has 298 valence electrons. The number of nitrogens with zero attached hydrogens (tertiary/aromatic N) is 1. The highest BCUT2D eigenvalue weighted by Crippen LogP contribution is 2.16. The van der Waals surface area contributed by atoms with Crippen LogP contribution in [0.25, 0.3) is 0 Å². The number of quaternary nitrogens is 1. The lowest BCUT2D eigenvalue weighted by Gasteiger charge is -2.23. The Morgan fingerprint density at radius 2 is 0.780 bits per heavy atom. The molecule has 2 amide bonds. The Morgan fingerprint density at radius 1 is 0.480 bits per heavy atom. The van der Waals surface area contributed by atoms with Crippen LogP contribution >= 0.6 is 0 Å². The first-order chi connectivity index (χ1) is 24.6. The maximum absolute atomic E-state index is 13.2. The van der Waals surface area contributed by atoms with Gasteiger partial charge in [-0.3, -0.25) is 9.59 Å². The van der Waals surface area contributed by atoms with Crippen LogP contribution in [-0.4, -0.2) is 48.9 Å². The van der Waals surface area contributed by atoms with Crippen molar-refractivity contribution in [2.75, 3.05) is 26.2 Å². The van der Waals surface area contributed by atoms with E-state index < -0.39 is 6.04 Å². The Kier molecular flexibility index (Phi) is 39.7. The van der Waals surface area contributed by atoms with Gasteiger partial charge in [0.1, 0.15) is 0 Å². The molecule has 0 radical (unpaired) electrons. The van der Waals surface area contributed by atoms with E-state index in [9.17, 15) is 9.59 Å². The van der Waals surface area contributed by atoms with Crippen LogP contribution in [0.15, 0.2) is 0 Å². The van der Waals surface area contributed by atoms with E-state index in [2.05, 4.69) is 24.9 Å². The highest BCUT2D eigenvalue weighted by molar-refractivity contribution is 5.87. The minimum atomic E-state index is -0.538. The lowest BCUT2D eigenvalue weighted by molar-refractivity contribution is -0.368. The third-order valence-corrected chi connectivity index (χ3v) is 10.7. The minimum absolute atomic E-state index is 0.0465. The predicted molar refractivity (Wildman–Crippen MR) is 218 cm³/mol. The first-order valence-corrected chi connectivity index (χ1v) is 22.7. The molecule has 0 aromatic carbocycles. The summed E-state index contributed by atoms with van der Waals surface area (Å²) in [5, 5.41) is 2.83. The average Bonchev–Trinajstić information content (AvgIpc) is 3.12. The van der Waals surface area contributed by atoms with Crippen LogP contribution in [-0.2, 0) is 9.59 Å². The first kappa shape index (κ1) is 48.9. The number of amides is 2. The SMILES string of the molecule is CCCCCCCCCCCCCCCCCCN(CCCCCCCCCCCCCCCCCC)C(=O)CNC(=O)[C@@H](N)CCCC[NH3+]. The van der Waals surface area contributed by atoms with Crippen LogP contribution in [0.2, 0.25) is 0 Å². The number of nitrogens with one attached hydrogen (secondary N) is 1. The van der Waals surface area contributed by atoms with Crippen molar-refractivity contribution >= 4 is 11.8 Å². The highest BCUT2D eigenvalue weighted by Gasteiger charge is 2.17. The van der Waals surface area contributed by atoms with Crippen molar-refractivity contribution in [1.82, 2.24) is 10.2 Å². The van der Waals surface area contributed by atoms with Crippen LogP contribution in [0.1, 0.15) is 239 Å². The number of nitrogens with two attached hydrogens (primary N) is 1. The summed E-state index contributed by atoms with van der Waals surface area (Å²) in [6, 6.07) is -0.538. The van der Waals surface area contributed by atoms with Crippen molar-refractivity contribution in [3.8, 4) is 0 Å². The summed E-state index contributed by atoms with van der Waals surface area (Å²) >= 11 is 0. The molecule has 50 heavy (non-hydrogen) atoms. The van der Waals surface area contributed by atoms with E-state index in [1.54, 1.807) is 0 Å². The molecule has 0 unspecified atom stereocenters. The van der Waals surface area contributed by atoms with Gasteiger partial charge in [-0.2, -0.15) is 0 Å². The summed E-state index contributed by atoms with van der Waals surface area (Å²) in [6.07, 6.45) is 45.8. The zero-order valence-corrected chi connectivity index (χ0v) is 34.2. The van der Waals surface area contributed by atoms with Gasteiger partial charge in [-0.05, 0) is 32.1 Å². The Hall–Kier alpha value is -1.14. The normalized spacial score (nSPS) is 12.0. The molecular weight excluding hydrogens is 617 g/mol. The summed E-state index contributed by atoms with van der Waals surface area (Å²) in [5.41, 5.74) is 9.93. The third kappa shape index (κ3) is 35.3. The van der Waals surface area contributed by atoms with E-state index >= 15 is 0 Å². The maximum atomic E-state index is 13.2. The molecule has 0 saturated carbocycles. The van der Waals surface area contributed by atoms with Crippen LogP contribution in [0.3, 0.4) is 0 Å². The van der Waals surface area contributed by atoms with Gasteiger partial charge in [0.15, 0.2) is 0 Å². The number of carbonyl (C=O) groups is 2. The standard InChI is InChI=1S/C44H90N4O2/c1-3-5-7-9-11-13-15-17-19-21-23-25-27-29-31-35-39-48(43(49)41-47-44(50)42(46)37-33-34-38-45)40-36-32-30-28-26-24-22-20-18-16-14-12-10-8-6-4-2/h42H,3-41,45-46H2,1-2H3,(H,47,50)/p+1/t42-/m0/s1.